The first-order valence-electron chi connectivity index (χ1n) is 22.3. The van der Waals surface area contributed by atoms with E-state index < -0.39 is 28.6 Å². The van der Waals surface area contributed by atoms with Gasteiger partial charge in [0.2, 0.25) is 0 Å². The summed E-state index contributed by atoms with van der Waals surface area (Å²) in [5, 5.41) is 10.6. The fourth-order valence-electron chi connectivity index (χ4n) is 11.5. The Labute approximate surface area is 336 Å². The van der Waals surface area contributed by atoms with Gasteiger partial charge in [0.15, 0.2) is 12.2 Å². The van der Waals surface area contributed by atoms with Gasteiger partial charge in [-0.2, -0.15) is 0 Å². The Morgan fingerprint density at radius 1 is 0.714 bits per heavy atom. The van der Waals surface area contributed by atoms with Crippen molar-refractivity contribution in [3.8, 4) is 0 Å². The average Bonchev–Trinajstić information content (AvgIpc) is 3.84. The second kappa shape index (κ2) is 15.4. The molecular weight excluding hydrogens is 712 g/mol. The van der Waals surface area contributed by atoms with Crippen molar-refractivity contribution >= 4 is 23.9 Å². The lowest BCUT2D eigenvalue weighted by atomic mass is 9.52. The molecule has 10 heteroatoms. The first kappa shape index (κ1) is 43.4. The van der Waals surface area contributed by atoms with Crippen LogP contribution in [0.4, 0.5) is 0 Å². The highest BCUT2D eigenvalue weighted by Crippen LogP contribution is 2.60. The third-order valence-corrected chi connectivity index (χ3v) is 16.2. The van der Waals surface area contributed by atoms with Crippen LogP contribution in [0.5, 0.6) is 0 Å². The van der Waals surface area contributed by atoms with Crippen molar-refractivity contribution in [2.24, 2.45) is 39.4 Å². The van der Waals surface area contributed by atoms with Crippen LogP contribution in [0.25, 0.3) is 0 Å². The Morgan fingerprint density at radius 2 is 1.25 bits per heavy atom. The summed E-state index contributed by atoms with van der Waals surface area (Å²) in [6.07, 6.45) is 17.4. The largest absolute Gasteiger partial charge is 0.459 e. The van der Waals surface area contributed by atoms with Crippen molar-refractivity contribution in [2.45, 2.75) is 226 Å². The quantitative estimate of drug-likeness (QED) is 0.178. The molecule has 0 aromatic rings. The minimum absolute atomic E-state index is 0.00403. The van der Waals surface area contributed by atoms with Crippen LogP contribution in [0.1, 0.15) is 185 Å². The SMILES string of the molecule is CCC(C)(C)C(=O)OC1(C)CCCC12CCCCC2.CCC(C)(C)C(=O)OC12CC3CC(CC(O)(C3)C1)C2.CCC(C)(C)C(=O)OC1C2CC3C(=O)OC1C3O2. The van der Waals surface area contributed by atoms with Crippen LogP contribution in [0.2, 0.25) is 0 Å². The molecule has 9 rings (SSSR count). The molecule has 8 unspecified atom stereocenters. The Hall–Kier alpha value is -2.20. The molecule has 318 valence electrons. The fraction of sp³-hybridized carbons (Fsp3) is 0.913. The maximum absolute atomic E-state index is 12.5. The van der Waals surface area contributed by atoms with Crippen LogP contribution < -0.4 is 0 Å². The molecule has 3 saturated heterocycles. The number of esters is 4. The molecule has 1 spiro atoms. The fourth-order valence-corrected chi connectivity index (χ4v) is 11.5. The molecule has 0 amide bonds. The lowest BCUT2D eigenvalue weighted by Crippen LogP contribution is -2.61. The summed E-state index contributed by atoms with van der Waals surface area (Å²) in [4.78, 5) is 48.4. The van der Waals surface area contributed by atoms with Gasteiger partial charge in [-0.1, -0.05) is 40.0 Å². The van der Waals surface area contributed by atoms with Gasteiger partial charge < -0.3 is 28.8 Å². The Balaban J connectivity index is 0.000000142. The molecule has 3 heterocycles. The highest BCUT2D eigenvalue weighted by molar-refractivity contribution is 5.79. The van der Waals surface area contributed by atoms with Gasteiger partial charge in [-0.25, -0.2) is 0 Å². The smallest absolute Gasteiger partial charge is 0.312 e. The molecule has 6 bridgehead atoms. The Kier molecular flexibility index (Phi) is 12.0. The Bertz CT molecular complexity index is 1480. The van der Waals surface area contributed by atoms with Crippen molar-refractivity contribution in [2.75, 3.05) is 0 Å². The molecular formula is C46H74O10. The number of carbonyl (C=O) groups excluding carboxylic acids is 4. The number of hydrogen-bond acceptors (Lipinski definition) is 10. The van der Waals surface area contributed by atoms with Crippen molar-refractivity contribution < 1.29 is 48.0 Å². The maximum Gasteiger partial charge on any atom is 0.312 e. The van der Waals surface area contributed by atoms with Gasteiger partial charge in [0.05, 0.1) is 33.9 Å². The van der Waals surface area contributed by atoms with Gasteiger partial charge in [-0.3, -0.25) is 19.2 Å². The predicted molar refractivity (Wildman–Crippen MR) is 211 cm³/mol. The molecule has 1 N–H and O–H groups in total. The second-order valence-corrected chi connectivity index (χ2v) is 21.5. The summed E-state index contributed by atoms with van der Waals surface area (Å²) < 4.78 is 28.5. The zero-order valence-electron chi connectivity index (χ0n) is 36.4. The summed E-state index contributed by atoms with van der Waals surface area (Å²) in [6, 6.07) is 0. The van der Waals surface area contributed by atoms with E-state index in [1.807, 2.05) is 55.4 Å². The number of hydrogen-bond donors (Lipinski definition) is 1. The van der Waals surface area contributed by atoms with E-state index in [-0.39, 0.29) is 64.0 Å². The van der Waals surface area contributed by atoms with E-state index in [0.29, 0.717) is 31.1 Å². The van der Waals surface area contributed by atoms with Crippen LogP contribution in [-0.2, 0) is 42.9 Å². The van der Waals surface area contributed by atoms with Crippen LogP contribution in [0.3, 0.4) is 0 Å². The van der Waals surface area contributed by atoms with Crippen LogP contribution in [0.15, 0.2) is 0 Å². The lowest BCUT2D eigenvalue weighted by molar-refractivity contribution is -0.225. The topological polar surface area (TPSA) is 135 Å². The van der Waals surface area contributed by atoms with E-state index >= 15 is 0 Å². The number of rotatable bonds is 9. The highest BCUT2D eigenvalue weighted by atomic mass is 16.7. The second-order valence-electron chi connectivity index (χ2n) is 21.5. The molecule has 3 aliphatic heterocycles. The number of ether oxygens (including phenoxy) is 5. The van der Waals surface area contributed by atoms with Gasteiger partial charge in [0.25, 0.3) is 0 Å². The van der Waals surface area contributed by atoms with Crippen LogP contribution in [-0.4, -0.2) is 70.2 Å². The highest BCUT2D eigenvalue weighted by Gasteiger charge is 2.65. The number of carbonyl (C=O) groups is 4. The molecule has 0 radical (unpaired) electrons. The first-order valence-corrected chi connectivity index (χ1v) is 22.3. The summed E-state index contributed by atoms with van der Waals surface area (Å²) in [7, 11) is 0. The third kappa shape index (κ3) is 8.18. The molecule has 6 aliphatic carbocycles. The van der Waals surface area contributed by atoms with Crippen molar-refractivity contribution in [3.63, 3.8) is 0 Å². The third-order valence-electron chi connectivity index (χ3n) is 16.2. The van der Waals surface area contributed by atoms with Crippen LogP contribution >= 0.6 is 0 Å². The molecule has 9 fully saturated rings. The molecule has 9 aliphatic rings. The normalized spacial score (nSPS) is 38.6. The number of aliphatic hydroxyl groups is 1. The van der Waals surface area contributed by atoms with Crippen molar-refractivity contribution in [1.82, 2.24) is 0 Å². The van der Waals surface area contributed by atoms with Gasteiger partial charge in [0.1, 0.15) is 17.3 Å². The average molecular weight is 787 g/mol. The predicted octanol–water partition coefficient (Wildman–Crippen LogP) is 8.96. The summed E-state index contributed by atoms with van der Waals surface area (Å²) in [5.74, 6) is 0.443. The number of fused-ring (bicyclic) bond motifs is 1. The van der Waals surface area contributed by atoms with Gasteiger partial charge >= 0.3 is 23.9 Å². The van der Waals surface area contributed by atoms with E-state index in [1.54, 1.807) is 0 Å². The molecule has 56 heavy (non-hydrogen) atoms. The molecule has 10 nitrogen and oxygen atoms in total. The van der Waals surface area contributed by atoms with Crippen molar-refractivity contribution in [1.29, 1.82) is 0 Å². The zero-order valence-corrected chi connectivity index (χ0v) is 36.4. The maximum atomic E-state index is 12.5. The summed E-state index contributed by atoms with van der Waals surface area (Å²) in [5.41, 5.74) is -2.11. The summed E-state index contributed by atoms with van der Waals surface area (Å²) in [6.45, 7) is 19.8. The van der Waals surface area contributed by atoms with E-state index in [2.05, 4.69) is 13.8 Å². The molecule has 6 saturated carbocycles. The van der Waals surface area contributed by atoms with E-state index in [4.69, 9.17) is 23.7 Å². The van der Waals surface area contributed by atoms with Gasteiger partial charge in [-0.15, -0.1) is 0 Å². The molecule has 8 atom stereocenters. The van der Waals surface area contributed by atoms with Crippen molar-refractivity contribution in [3.05, 3.63) is 0 Å². The minimum atomic E-state index is -0.555. The molecule has 0 aromatic carbocycles. The van der Waals surface area contributed by atoms with Crippen LogP contribution in [0, 0.1) is 39.4 Å². The van der Waals surface area contributed by atoms with E-state index in [9.17, 15) is 24.3 Å². The monoisotopic (exact) mass is 787 g/mol. The zero-order chi connectivity index (χ0) is 41.1. The summed E-state index contributed by atoms with van der Waals surface area (Å²) >= 11 is 0. The van der Waals surface area contributed by atoms with Gasteiger partial charge in [-0.05, 0) is 150 Å². The Morgan fingerprint density at radius 3 is 1.80 bits per heavy atom. The minimum Gasteiger partial charge on any atom is -0.459 e. The van der Waals surface area contributed by atoms with E-state index in [0.717, 1.165) is 44.9 Å². The van der Waals surface area contributed by atoms with E-state index in [1.165, 1.54) is 51.4 Å². The standard InChI is InChI=1S/C17H30O2.C16H26O3.C13H18O5/c1-5-15(2,3)14(18)19-16(4)10-9-13-17(16)11-7-6-8-12-17;1-4-14(2,3)13(17)19-16-8-11-5-12(9-16)7-15(18,6-11)10-16;1-4-13(2,3)12(15)18-9-7-5-6-8(16-7)10(9)17-11(6)14/h5-13H2,1-4H3;11-12,18H,4-10H2,1-3H3;6-10H,4-5H2,1-3H3. The molecule has 0 aromatic heterocycles. The first-order chi connectivity index (χ1) is 26.0. The van der Waals surface area contributed by atoms with Gasteiger partial charge in [0, 0.05) is 11.8 Å². The lowest BCUT2D eigenvalue weighted by Gasteiger charge is -2.59.